The first-order valence-corrected chi connectivity index (χ1v) is 9.86. The standard InChI is InChI=1S/C24H25FN2O/c25-22-9-11-23(12-10-22)27-15-13-26(14-16-27)18-21-7-4-8-24(17-21)28-19-20-5-2-1-3-6-20/h1-12,17H,13-16,18-19H2/p+1. The van der Waals surface area contributed by atoms with Crippen LogP contribution >= 0.6 is 0 Å². The predicted octanol–water partition coefficient (Wildman–Crippen LogP) is 3.31. The Morgan fingerprint density at radius 1 is 0.821 bits per heavy atom. The van der Waals surface area contributed by atoms with Gasteiger partial charge in [-0.2, -0.15) is 0 Å². The van der Waals surface area contributed by atoms with Crippen molar-refractivity contribution in [3.8, 4) is 5.75 Å². The average molecular weight is 377 g/mol. The smallest absolute Gasteiger partial charge is 0.123 e. The second kappa shape index (κ2) is 8.89. The van der Waals surface area contributed by atoms with E-state index < -0.39 is 0 Å². The van der Waals surface area contributed by atoms with E-state index in [2.05, 4.69) is 35.2 Å². The van der Waals surface area contributed by atoms with Gasteiger partial charge in [0.2, 0.25) is 0 Å². The summed E-state index contributed by atoms with van der Waals surface area (Å²) in [6, 6.07) is 25.5. The highest BCUT2D eigenvalue weighted by molar-refractivity contribution is 5.46. The molecular weight excluding hydrogens is 351 g/mol. The summed E-state index contributed by atoms with van der Waals surface area (Å²) >= 11 is 0. The molecule has 0 bridgehead atoms. The number of anilines is 1. The molecule has 0 aliphatic carbocycles. The van der Waals surface area contributed by atoms with Crippen molar-refractivity contribution in [1.82, 2.24) is 0 Å². The zero-order valence-electron chi connectivity index (χ0n) is 16.0. The first-order chi connectivity index (χ1) is 13.8. The minimum Gasteiger partial charge on any atom is -0.489 e. The topological polar surface area (TPSA) is 16.9 Å². The molecule has 3 aromatic rings. The van der Waals surface area contributed by atoms with Gasteiger partial charge in [-0.1, -0.05) is 42.5 Å². The van der Waals surface area contributed by atoms with E-state index in [1.54, 1.807) is 4.90 Å². The van der Waals surface area contributed by atoms with E-state index in [-0.39, 0.29) is 5.82 Å². The third-order valence-corrected chi connectivity index (χ3v) is 5.26. The summed E-state index contributed by atoms with van der Waals surface area (Å²) in [6.07, 6.45) is 0. The Bertz CT molecular complexity index is 875. The van der Waals surface area contributed by atoms with Gasteiger partial charge in [-0.15, -0.1) is 0 Å². The molecule has 0 saturated carbocycles. The largest absolute Gasteiger partial charge is 0.489 e. The number of benzene rings is 3. The van der Waals surface area contributed by atoms with Crippen molar-refractivity contribution < 1.29 is 14.0 Å². The van der Waals surface area contributed by atoms with Crippen LogP contribution in [0.4, 0.5) is 10.1 Å². The number of rotatable bonds is 6. The average Bonchev–Trinajstić information content (AvgIpc) is 2.75. The number of nitrogens with zero attached hydrogens (tertiary/aromatic N) is 1. The maximum atomic E-state index is 13.1. The molecule has 28 heavy (non-hydrogen) atoms. The molecule has 0 radical (unpaired) electrons. The van der Waals surface area contributed by atoms with Gasteiger partial charge in [-0.3, -0.25) is 0 Å². The van der Waals surface area contributed by atoms with Gasteiger partial charge in [0, 0.05) is 11.3 Å². The molecule has 1 heterocycles. The predicted molar refractivity (Wildman–Crippen MR) is 110 cm³/mol. The lowest BCUT2D eigenvalue weighted by Crippen LogP contribution is -3.13. The van der Waals surface area contributed by atoms with Crippen molar-refractivity contribution in [2.45, 2.75) is 13.2 Å². The molecule has 0 aromatic heterocycles. The Morgan fingerprint density at radius 3 is 2.29 bits per heavy atom. The van der Waals surface area contributed by atoms with Gasteiger partial charge in [-0.05, 0) is 42.0 Å². The Kier molecular flexibility index (Phi) is 5.88. The third kappa shape index (κ3) is 4.90. The molecule has 0 unspecified atom stereocenters. The highest BCUT2D eigenvalue weighted by atomic mass is 19.1. The van der Waals surface area contributed by atoms with Crippen LogP contribution in [0, 0.1) is 5.82 Å². The van der Waals surface area contributed by atoms with Gasteiger partial charge in [0.05, 0.1) is 26.2 Å². The summed E-state index contributed by atoms with van der Waals surface area (Å²) in [6.45, 7) is 5.72. The molecule has 0 atom stereocenters. The van der Waals surface area contributed by atoms with Crippen LogP contribution in [0.25, 0.3) is 0 Å². The summed E-state index contributed by atoms with van der Waals surface area (Å²) in [4.78, 5) is 3.90. The van der Waals surface area contributed by atoms with Crippen LogP contribution in [0.3, 0.4) is 0 Å². The summed E-state index contributed by atoms with van der Waals surface area (Å²) in [7, 11) is 0. The molecule has 1 aliphatic heterocycles. The number of hydrogen-bond donors (Lipinski definition) is 1. The normalized spacial score (nSPS) is 14.8. The summed E-state index contributed by atoms with van der Waals surface area (Å²) in [5.74, 6) is 0.744. The first-order valence-electron chi connectivity index (χ1n) is 9.86. The zero-order valence-corrected chi connectivity index (χ0v) is 16.0. The highest BCUT2D eigenvalue weighted by Crippen LogP contribution is 2.16. The molecule has 3 aromatic carbocycles. The number of nitrogens with one attached hydrogen (secondary N) is 1. The van der Waals surface area contributed by atoms with E-state index >= 15 is 0 Å². The fourth-order valence-corrected chi connectivity index (χ4v) is 3.68. The van der Waals surface area contributed by atoms with Crippen LogP contribution in [0.5, 0.6) is 5.75 Å². The molecule has 0 amide bonds. The maximum Gasteiger partial charge on any atom is 0.123 e. The molecular formula is C24H26FN2O+. The molecule has 1 saturated heterocycles. The fraction of sp³-hybridized carbons (Fsp3) is 0.250. The van der Waals surface area contributed by atoms with E-state index in [1.807, 2.05) is 36.4 Å². The number of hydrogen-bond acceptors (Lipinski definition) is 2. The van der Waals surface area contributed by atoms with Crippen LogP contribution in [-0.2, 0) is 13.2 Å². The van der Waals surface area contributed by atoms with Crippen LogP contribution in [0.15, 0.2) is 78.9 Å². The van der Waals surface area contributed by atoms with Crippen LogP contribution in [0.1, 0.15) is 11.1 Å². The van der Waals surface area contributed by atoms with Crippen molar-refractivity contribution in [1.29, 1.82) is 0 Å². The molecule has 4 heteroatoms. The number of halogens is 1. The van der Waals surface area contributed by atoms with E-state index in [9.17, 15) is 4.39 Å². The summed E-state index contributed by atoms with van der Waals surface area (Å²) in [5, 5.41) is 0. The number of ether oxygens (including phenoxy) is 1. The number of quaternary nitrogens is 1. The van der Waals surface area contributed by atoms with Crippen molar-refractivity contribution in [2.24, 2.45) is 0 Å². The lowest BCUT2D eigenvalue weighted by Gasteiger charge is -2.33. The zero-order chi connectivity index (χ0) is 19.2. The minimum atomic E-state index is -0.178. The van der Waals surface area contributed by atoms with E-state index in [1.165, 1.54) is 23.3 Å². The van der Waals surface area contributed by atoms with Gasteiger partial charge in [0.15, 0.2) is 0 Å². The lowest BCUT2D eigenvalue weighted by atomic mass is 10.1. The molecule has 0 spiro atoms. The molecule has 1 aliphatic rings. The SMILES string of the molecule is Fc1ccc(N2CC[NH+](Cc3cccc(OCc4ccccc4)c3)CC2)cc1. The van der Waals surface area contributed by atoms with Crippen LogP contribution < -0.4 is 14.5 Å². The first kappa shape index (κ1) is 18.5. The fourth-order valence-electron chi connectivity index (χ4n) is 3.68. The molecule has 1 fully saturated rings. The monoisotopic (exact) mass is 377 g/mol. The second-order valence-corrected chi connectivity index (χ2v) is 7.31. The summed E-state index contributed by atoms with van der Waals surface area (Å²) in [5.41, 5.74) is 3.59. The Labute approximate surface area is 166 Å². The van der Waals surface area contributed by atoms with Gasteiger partial charge in [0.25, 0.3) is 0 Å². The van der Waals surface area contributed by atoms with E-state index in [0.29, 0.717) is 6.61 Å². The number of piperazine rings is 1. The van der Waals surface area contributed by atoms with Crippen molar-refractivity contribution >= 4 is 5.69 Å². The van der Waals surface area contributed by atoms with Crippen molar-refractivity contribution in [3.63, 3.8) is 0 Å². The molecule has 144 valence electrons. The highest BCUT2D eigenvalue weighted by Gasteiger charge is 2.20. The third-order valence-electron chi connectivity index (χ3n) is 5.26. The van der Waals surface area contributed by atoms with E-state index in [4.69, 9.17) is 4.74 Å². The Hall–Kier alpha value is -2.85. The summed E-state index contributed by atoms with van der Waals surface area (Å²) < 4.78 is 19.1. The van der Waals surface area contributed by atoms with Gasteiger partial charge < -0.3 is 14.5 Å². The van der Waals surface area contributed by atoms with Crippen LogP contribution in [0.2, 0.25) is 0 Å². The van der Waals surface area contributed by atoms with Gasteiger partial charge in [0.1, 0.15) is 24.7 Å². The molecule has 1 N–H and O–H groups in total. The minimum absolute atomic E-state index is 0.178. The van der Waals surface area contributed by atoms with Crippen molar-refractivity contribution in [2.75, 3.05) is 31.1 Å². The molecule has 4 rings (SSSR count). The maximum absolute atomic E-state index is 13.1. The van der Waals surface area contributed by atoms with Crippen LogP contribution in [-0.4, -0.2) is 26.2 Å². The van der Waals surface area contributed by atoms with Gasteiger partial charge in [-0.25, -0.2) is 4.39 Å². The lowest BCUT2D eigenvalue weighted by molar-refractivity contribution is -0.914. The van der Waals surface area contributed by atoms with E-state index in [0.717, 1.165) is 44.2 Å². The van der Waals surface area contributed by atoms with Gasteiger partial charge >= 0.3 is 0 Å². The second-order valence-electron chi connectivity index (χ2n) is 7.31. The van der Waals surface area contributed by atoms with Crippen molar-refractivity contribution in [3.05, 3.63) is 95.8 Å². The molecule has 3 nitrogen and oxygen atoms in total. The Balaban J connectivity index is 1.29. The Morgan fingerprint density at radius 2 is 1.54 bits per heavy atom. The quantitative estimate of drug-likeness (QED) is 0.710.